The van der Waals surface area contributed by atoms with Crippen molar-refractivity contribution in [1.82, 2.24) is 19.9 Å². The second kappa shape index (κ2) is 8.20. The molecule has 0 N–H and O–H groups in total. The maximum atomic E-state index is 13.4. The highest BCUT2D eigenvalue weighted by Gasteiger charge is 2.26. The largest absolute Gasteiger partial charge is 0.296 e. The van der Waals surface area contributed by atoms with Crippen molar-refractivity contribution in [3.05, 3.63) is 77.1 Å². The Morgan fingerprint density at radius 1 is 1.10 bits per heavy atom. The van der Waals surface area contributed by atoms with Crippen LogP contribution in [0.15, 0.2) is 54.7 Å². The molecule has 152 valence electrons. The van der Waals surface area contributed by atoms with Gasteiger partial charge in [0.1, 0.15) is 16.6 Å². The van der Waals surface area contributed by atoms with E-state index < -0.39 is 0 Å². The molecule has 0 bridgehead atoms. The van der Waals surface area contributed by atoms with Crippen LogP contribution in [0.5, 0.6) is 0 Å². The predicted molar refractivity (Wildman–Crippen MR) is 119 cm³/mol. The van der Waals surface area contributed by atoms with E-state index in [4.69, 9.17) is 9.97 Å². The Balaban J connectivity index is 1.40. The summed E-state index contributed by atoms with van der Waals surface area (Å²) in [4.78, 5) is 16.5. The molecule has 4 nitrogen and oxygen atoms in total. The number of rotatable bonds is 4. The van der Waals surface area contributed by atoms with Gasteiger partial charge in [0.2, 0.25) is 0 Å². The average molecular weight is 419 g/mol. The van der Waals surface area contributed by atoms with Crippen molar-refractivity contribution in [2.45, 2.75) is 32.2 Å². The first-order valence-electron chi connectivity index (χ1n) is 10.3. The summed E-state index contributed by atoms with van der Waals surface area (Å²) in [7, 11) is 0. The number of hydrogen-bond acceptors (Lipinski definition) is 5. The molecule has 0 saturated carbocycles. The van der Waals surface area contributed by atoms with Gasteiger partial charge in [-0.15, -0.1) is 11.3 Å². The molecule has 2 aromatic carbocycles. The Hall–Kier alpha value is -2.70. The fraction of sp³-hybridized carbons (Fsp3) is 0.292. The highest BCUT2D eigenvalue weighted by Crippen LogP contribution is 2.34. The van der Waals surface area contributed by atoms with Crippen LogP contribution in [0, 0.1) is 12.7 Å². The lowest BCUT2D eigenvalue weighted by Crippen LogP contribution is -2.34. The third-order valence-electron chi connectivity index (χ3n) is 5.68. The number of likely N-dealkylation sites (tertiary alicyclic amines) is 1. The fourth-order valence-electron chi connectivity index (χ4n) is 4.25. The molecule has 1 saturated heterocycles. The zero-order valence-electron chi connectivity index (χ0n) is 16.9. The molecular weight excluding hydrogens is 395 g/mol. The standard InChI is InChI=1S/C24H23FN4S/c1-16-26-13-20(17-8-10-19(25)11-9-17)24(27-16)18-5-4-12-29(14-18)15-23-28-21-6-2-3-7-22(21)30-23/h2-3,6-11,13,18H,4-5,12,14-15H2,1H3/t18-/m0/s1. The molecule has 1 aliphatic heterocycles. The van der Waals surface area contributed by atoms with Crippen LogP contribution in [-0.4, -0.2) is 32.9 Å². The molecule has 0 amide bonds. The molecule has 1 aliphatic rings. The van der Waals surface area contributed by atoms with Crippen LogP contribution in [0.3, 0.4) is 0 Å². The van der Waals surface area contributed by atoms with E-state index in [9.17, 15) is 4.39 Å². The number of fused-ring (bicyclic) bond motifs is 1. The van der Waals surface area contributed by atoms with Crippen molar-refractivity contribution in [2.24, 2.45) is 0 Å². The first-order chi connectivity index (χ1) is 14.7. The highest BCUT2D eigenvalue weighted by atomic mass is 32.1. The van der Waals surface area contributed by atoms with E-state index in [1.54, 1.807) is 11.3 Å². The number of hydrogen-bond donors (Lipinski definition) is 0. The maximum absolute atomic E-state index is 13.4. The van der Waals surface area contributed by atoms with Crippen LogP contribution < -0.4 is 0 Å². The van der Waals surface area contributed by atoms with Gasteiger partial charge in [-0.05, 0) is 56.1 Å². The molecule has 0 unspecified atom stereocenters. The van der Waals surface area contributed by atoms with E-state index >= 15 is 0 Å². The van der Waals surface area contributed by atoms with E-state index in [-0.39, 0.29) is 5.82 Å². The number of aryl methyl sites for hydroxylation is 1. The average Bonchev–Trinajstić information content (AvgIpc) is 3.17. The monoisotopic (exact) mass is 418 g/mol. The first kappa shape index (κ1) is 19.3. The van der Waals surface area contributed by atoms with E-state index in [0.717, 1.165) is 65.6 Å². The van der Waals surface area contributed by atoms with Gasteiger partial charge in [-0.2, -0.15) is 0 Å². The van der Waals surface area contributed by atoms with Gasteiger partial charge in [0, 0.05) is 24.2 Å². The van der Waals surface area contributed by atoms with Gasteiger partial charge in [0.05, 0.1) is 22.5 Å². The first-order valence-corrected chi connectivity index (χ1v) is 11.1. The van der Waals surface area contributed by atoms with Gasteiger partial charge in [0.15, 0.2) is 0 Å². The summed E-state index contributed by atoms with van der Waals surface area (Å²) >= 11 is 1.78. The highest BCUT2D eigenvalue weighted by molar-refractivity contribution is 7.18. The molecule has 0 aliphatic carbocycles. The number of nitrogens with zero attached hydrogens (tertiary/aromatic N) is 4. The quantitative estimate of drug-likeness (QED) is 0.434. The Morgan fingerprint density at radius 3 is 2.77 bits per heavy atom. The molecule has 1 fully saturated rings. The van der Waals surface area contributed by atoms with Crippen LogP contribution in [0.25, 0.3) is 21.3 Å². The number of para-hydroxylation sites is 1. The lowest BCUT2D eigenvalue weighted by atomic mass is 9.90. The van der Waals surface area contributed by atoms with Crippen molar-refractivity contribution in [3.63, 3.8) is 0 Å². The van der Waals surface area contributed by atoms with Gasteiger partial charge >= 0.3 is 0 Å². The van der Waals surface area contributed by atoms with Gasteiger partial charge in [0.25, 0.3) is 0 Å². The molecule has 4 aromatic rings. The van der Waals surface area contributed by atoms with Crippen molar-refractivity contribution >= 4 is 21.6 Å². The normalized spacial score (nSPS) is 17.5. The zero-order valence-corrected chi connectivity index (χ0v) is 17.7. The number of halogens is 1. The molecule has 5 rings (SSSR count). The third-order valence-corrected chi connectivity index (χ3v) is 6.70. The molecule has 30 heavy (non-hydrogen) atoms. The van der Waals surface area contributed by atoms with Gasteiger partial charge in [-0.3, -0.25) is 4.90 Å². The number of thiazole rings is 1. The maximum Gasteiger partial charge on any atom is 0.125 e. The lowest BCUT2D eigenvalue weighted by Gasteiger charge is -2.32. The minimum Gasteiger partial charge on any atom is -0.296 e. The van der Waals surface area contributed by atoms with Crippen molar-refractivity contribution in [1.29, 1.82) is 0 Å². The van der Waals surface area contributed by atoms with E-state index in [2.05, 4.69) is 28.1 Å². The second-order valence-corrected chi connectivity index (χ2v) is 8.99. The molecular formula is C24H23FN4S. The van der Waals surface area contributed by atoms with Crippen LogP contribution in [-0.2, 0) is 6.54 Å². The summed E-state index contributed by atoms with van der Waals surface area (Å²) in [6.07, 6.45) is 4.11. The summed E-state index contributed by atoms with van der Waals surface area (Å²) in [5, 5.41) is 1.16. The second-order valence-electron chi connectivity index (χ2n) is 7.87. The summed E-state index contributed by atoms with van der Waals surface area (Å²) in [6.45, 7) is 4.81. The number of piperidine rings is 1. The number of benzene rings is 2. The molecule has 1 atom stereocenters. The minimum atomic E-state index is -0.229. The smallest absolute Gasteiger partial charge is 0.125 e. The topological polar surface area (TPSA) is 41.9 Å². The lowest BCUT2D eigenvalue weighted by molar-refractivity contribution is 0.198. The van der Waals surface area contributed by atoms with Gasteiger partial charge in [-0.25, -0.2) is 19.3 Å². The predicted octanol–water partition coefficient (Wildman–Crippen LogP) is 5.58. The molecule has 0 radical (unpaired) electrons. The van der Waals surface area contributed by atoms with Crippen LogP contribution >= 0.6 is 11.3 Å². The SMILES string of the molecule is Cc1ncc(-c2ccc(F)cc2)c([C@H]2CCCN(Cc3nc4ccccc4s3)C2)n1. The van der Waals surface area contributed by atoms with Crippen molar-refractivity contribution in [2.75, 3.05) is 13.1 Å². The number of aromatic nitrogens is 3. The third kappa shape index (κ3) is 3.98. The van der Waals surface area contributed by atoms with Gasteiger partial charge < -0.3 is 0 Å². The zero-order chi connectivity index (χ0) is 20.5. The molecule has 0 spiro atoms. The summed E-state index contributed by atoms with van der Waals surface area (Å²) < 4.78 is 14.7. The van der Waals surface area contributed by atoms with E-state index in [0.29, 0.717) is 5.92 Å². The minimum absolute atomic E-state index is 0.229. The van der Waals surface area contributed by atoms with Crippen molar-refractivity contribution in [3.8, 4) is 11.1 Å². The van der Waals surface area contributed by atoms with Crippen LogP contribution in [0.2, 0.25) is 0 Å². The van der Waals surface area contributed by atoms with E-state index in [1.807, 2.05) is 31.3 Å². The summed E-state index contributed by atoms with van der Waals surface area (Å²) in [5.74, 6) is 0.877. The van der Waals surface area contributed by atoms with Gasteiger partial charge in [-0.1, -0.05) is 24.3 Å². The fourth-order valence-corrected chi connectivity index (χ4v) is 5.26. The Labute approximate surface area is 179 Å². The summed E-state index contributed by atoms with van der Waals surface area (Å²) in [6, 6.07) is 14.9. The van der Waals surface area contributed by atoms with Crippen molar-refractivity contribution < 1.29 is 4.39 Å². The molecule has 3 heterocycles. The van der Waals surface area contributed by atoms with Crippen LogP contribution in [0.4, 0.5) is 4.39 Å². The summed E-state index contributed by atoms with van der Waals surface area (Å²) in [5.41, 5.74) is 4.13. The van der Waals surface area contributed by atoms with E-state index in [1.165, 1.54) is 16.8 Å². The van der Waals surface area contributed by atoms with Crippen LogP contribution in [0.1, 0.15) is 35.3 Å². The Morgan fingerprint density at radius 2 is 1.93 bits per heavy atom. The molecule has 6 heteroatoms. The molecule has 2 aromatic heterocycles. The Kier molecular flexibility index (Phi) is 5.27. The Bertz CT molecular complexity index is 1140.